The van der Waals surface area contributed by atoms with E-state index < -0.39 is 0 Å². The molecule has 1 saturated carbocycles. The quantitative estimate of drug-likeness (QED) is 0.927. The van der Waals surface area contributed by atoms with Gasteiger partial charge < -0.3 is 19.5 Å². The molecule has 0 aromatic heterocycles. The predicted octanol–water partition coefficient (Wildman–Crippen LogP) is 2.45. The minimum absolute atomic E-state index is 0.0844. The van der Waals surface area contributed by atoms with Crippen LogP contribution in [0.1, 0.15) is 37.3 Å². The summed E-state index contributed by atoms with van der Waals surface area (Å²) in [6.45, 7) is 2.56. The minimum Gasteiger partial charge on any atom is -0.486 e. The van der Waals surface area contributed by atoms with E-state index in [1.165, 1.54) is 12.8 Å². The van der Waals surface area contributed by atoms with E-state index in [9.17, 15) is 4.79 Å². The number of benzene rings is 1. The van der Waals surface area contributed by atoms with E-state index >= 15 is 0 Å². The zero-order valence-corrected chi connectivity index (χ0v) is 13.3. The number of hydrogen-bond donors (Lipinski definition) is 1. The van der Waals surface area contributed by atoms with Gasteiger partial charge in [-0.25, -0.2) is 0 Å². The van der Waals surface area contributed by atoms with Crippen molar-refractivity contribution in [3.8, 4) is 11.5 Å². The molecule has 2 fully saturated rings. The second-order valence-corrected chi connectivity index (χ2v) is 6.61. The highest BCUT2D eigenvalue weighted by Gasteiger charge is 2.35. The van der Waals surface area contributed by atoms with Gasteiger partial charge in [-0.3, -0.25) is 4.79 Å². The third-order valence-electron chi connectivity index (χ3n) is 4.91. The number of rotatable bonds is 4. The highest BCUT2D eigenvalue weighted by molar-refractivity contribution is 5.79. The van der Waals surface area contributed by atoms with Gasteiger partial charge in [0.1, 0.15) is 13.2 Å². The summed E-state index contributed by atoms with van der Waals surface area (Å²) in [5, 5.41) is 3.28. The highest BCUT2D eigenvalue weighted by atomic mass is 16.6. The van der Waals surface area contributed by atoms with Crippen LogP contribution < -0.4 is 14.8 Å². The first-order valence-corrected chi connectivity index (χ1v) is 8.59. The maximum Gasteiger partial charge on any atom is 0.223 e. The molecule has 1 saturated heterocycles. The van der Waals surface area contributed by atoms with Gasteiger partial charge in [-0.15, -0.1) is 0 Å². The molecule has 1 atom stereocenters. The second-order valence-electron chi connectivity index (χ2n) is 6.61. The van der Waals surface area contributed by atoms with Crippen LogP contribution >= 0.6 is 0 Å². The fourth-order valence-electron chi connectivity index (χ4n) is 3.39. The first-order valence-electron chi connectivity index (χ1n) is 8.59. The van der Waals surface area contributed by atoms with Crippen LogP contribution in [0.25, 0.3) is 0 Å². The fraction of sp³-hybridized carbons (Fsp3) is 0.611. The van der Waals surface area contributed by atoms with Gasteiger partial charge >= 0.3 is 0 Å². The summed E-state index contributed by atoms with van der Waals surface area (Å²) in [5.41, 5.74) is 1.12. The van der Waals surface area contributed by atoms with Gasteiger partial charge in [0, 0.05) is 19.1 Å². The molecule has 2 heterocycles. The van der Waals surface area contributed by atoms with Gasteiger partial charge in [-0.05, 0) is 49.3 Å². The molecular formula is C18H23NO4. The number of nitrogens with one attached hydrogen (secondary N) is 1. The van der Waals surface area contributed by atoms with Crippen molar-refractivity contribution in [3.05, 3.63) is 23.8 Å². The number of hydrogen-bond acceptors (Lipinski definition) is 4. The van der Waals surface area contributed by atoms with Gasteiger partial charge in [0.2, 0.25) is 5.91 Å². The monoisotopic (exact) mass is 317 g/mol. The Hall–Kier alpha value is -1.75. The summed E-state index contributed by atoms with van der Waals surface area (Å²) >= 11 is 0. The Kier molecular flexibility index (Phi) is 4.12. The molecule has 0 spiro atoms. The molecule has 1 N–H and O–H groups in total. The Balaban J connectivity index is 1.50. The van der Waals surface area contributed by atoms with Crippen molar-refractivity contribution in [2.24, 2.45) is 11.8 Å². The Bertz CT molecular complexity index is 578. The molecule has 2 aliphatic heterocycles. The van der Waals surface area contributed by atoms with Gasteiger partial charge in [0.25, 0.3) is 0 Å². The molecule has 1 aromatic carbocycles. The molecule has 0 radical (unpaired) electrons. The molecule has 0 unspecified atom stereocenters. The second kappa shape index (κ2) is 6.40. The molecule has 4 rings (SSSR count). The lowest BCUT2D eigenvalue weighted by Crippen LogP contribution is -2.37. The number of carbonyl (C=O) groups is 1. The predicted molar refractivity (Wildman–Crippen MR) is 84.6 cm³/mol. The van der Waals surface area contributed by atoms with E-state index in [1.54, 1.807) is 0 Å². The van der Waals surface area contributed by atoms with E-state index in [1.807, 2.05) is 12.1 Å². The number of fused-ring (bicyclic) bond motifs is 1. The van der Waals surface area contributed by atoms with Crippen LogP contribution in [-0.4, -0.2) is 32.3 Å². The lowest BCUT2D eigenvalue weighted by Gasteiger charge is -2.26. The van der Waals surface area contributed by atoms with Gasteiger partial charge in [-0.2, -0.15) is 0 Å². The largest absolute Gasteiger partial charge is 0.486 e. The van der Waals surface area contributed by atoms with Gasteiger partial charge in [0.15, 0.2) is 11.5 Å². The number of amides is 1. The number of ether oxygens (including phenoxy) is 3. The Morgan fingerprint density at radius 2 is 1.74 bits per heavy atom. The summed E-state index contributed by atoms with van der Waals surface area (Å²) in [5.74, 6) is 2.38. The average molecular weight is 317 g/mol. The SMILES string of the molecule is O=C(N[C@H](c1ccc2c(c1)OCCO2)C1CC1)C1CCOCC1. The van der Waals surface area contributed by atoms with Crippen molar-refractivity contribution in [2.45, 2.75) is 31.7 Å². The number of carbonyl (C=O) groups excluding carboxylic acids is 1. The molecule has 0 bridgehead atoms. The van der Waals surface area contributed by atoms with Crippen LogP contribution in [0.5, 0.6) is 11.5 Å². The van der Waals surface area contributed by atoms with E-state index in [-0.39, 0.29) is 17.9 Å². The smallest absolute Gasteiger partial charge is 0.223 e. The Labute approximate surface area is 136 Å². The van der Waals surface area contributed by atoms with Crippen molar-refractivity contribution in [2.75, 3.05) is 26.4 Å². The molecule has 5 nitrogen and oxygen atoms in total. The van der Waals surface area contributed by atoms with Gasteiger partial charge in [-0.1, -0.05) is 6.07 Å². The third-order valence-corrected chi connectivity index (χ3v) is 4.91. The van der Waals surface area contributed by atoms with E-state index in [2.05, 4.69) is 11.4 Å². The Morgan fingerprint density at radius 3 is 2.48 bits per heavy atom. The fourth-order valence-corrected chi connectivity index (χ4v) is 3.39. The molecule has 3 aliphatic rings. The lowest BCUT2D eigenvalue weighted by atomic mass is 9.96. The minimum atomic E-state index is 0.0844. The highest BCUT2D eigenvalue weighted by Crippen LogP contribution is 2.43. The first-order chi connectivity index (χ1) is 11.3. The standard InChI is InChI=1S/C18H23NO4/c20-18(13-5-7-21-8-6-13)19-17(12-1-2-12)14-3-4-15-16(11-14)23-10-9-22-15/h3-4,11-13,17H,1-2,5-10H2,(H,19,20)/t17-/m0/s1. The zero-order chi connectivity index (χ0) is 15.6. The van der Waals surface area contributed by atoms with Crippen molar-refractivity contribution in [1.29, 1.82) is 0 Å². The molecule has 5 heteroatoms. The summed E-state index contributed by atoms with van der Waals surface area (Å²) in [4.78, 5) is 12.6. The molecule has 23 heavy (non-hydrogen) atoms. The summed E-state index contributed by atoms with van der Waals surface area (Å²) < 4.78 is 16.6. The summed E-state index contributed by atoms with van der Waals surface area (Å²) in [6.07, 6.45) is 4.00. The summed E-state index contributed by atoms with van der Waals surface area (Å²) in [7, 11) is 0. The molecule has 124 valence electrons. The third kappa shape index (κ3) is 3.29. The van der Waals surface area contributed by atoms with Crippen LogP contribution in [0.4, 0.5) is 0 Å². The van der Waals surface area contributed by atoms with Crippen molar-refractivity contribution in [1.82, 2.24) is 5.32 Å². The maximum atomic E-state index is 12.6. The van der Waals surface area contributed by atoms with Crippen LogP contribution in [0.3, 0.4) is 0 Å². The van der Waals surface area contributed by atoms with Crippen LogP contribution in [-0.2, 0) is 9.53 Å². The van der Waals surface area contributed by atoms with Crippen molar-refractivity contribution >= 4 is 5.91 Å². The molecule has 1 amide bonds. The normalized spacial score (nSPS) is 22.4. The van der Waals surface area contributed by atoms with Crippen LogP contribution in [0.15, 0.2) is 18.2 Å². The van der Waals surface area contributed by atoms with E-state index in [0.717, 1.165) is 29.9 Å². The lowest BCUT2D eigenvalue weighted by molar-refractivity contribution is -0.128. The zero-order valence-electron chi connectivity index (χ0n) is 13.3. The van der Waals surface area contributed by atoms with Crippen molar-refractivity contribution < 1.29 is 19.0 Å². The molecular weight excluding hydrogens is 294 g/mol. The van der Waals surface area contributed by atoms with Crippen molar-refractivity contribution in [3.63, 3.8) is 0 Å². The van der Waals surface area contributed by atoms with E-state index in [4.69, 9.17) is 14.2 Å². The van der Waals surface area contributed by atoms with E-state index in [0.29, 0.717) is 32.3 Å². The average Bonchev–Trinajstić information content (AvgIpc) is 3.45. The maximum absolute atomic E-state index is 12.6. The van der Waals surface area contributed by atoms with Gasteiger partial charge in [0.05, 0.1) is 6.04 Å². The molecule has 1 aromatic rings. The van der Waals surface area contributed by atoms with Crippen LogP contribution in [0, 0.1) is 11.8 Å². The topological polar surface area (TPSA) is 56.8 Å². The Morgan fingerprint density at radius 1 is 1.00 bits per heavy atom. The first kappa shape index (κ1) is 14.8. The summed E-state index contributed by atoms with van der Waals surface area (Å²) in [6, 6.07) is 6.13. The van der Waals surface area contributed by atoms with Crippen LogP contribution in [0.2, 0.25) is 0 Å². The molecule has 1 aliphatic carbocycles.